The van der Waals surface area contributed by atoms with Crippen LogP contribution in [0.15, 0.2) is 27.6 Å². The monoisotopic (exact) mass is 232 g/mol. The van der Waals surface area contributed by atoms with Gasteiger partial charge in [-0.25, -0.2) is 0 Å². The van der Waals surface area contributed by atoms with Crippen LogP contribution in [0.3, 0.4) is 0 Å². The predicted octanol–water partition coefficient (Wildman–Crippen LogP) is 3.27. The van der Waals surface area contributed by atoms with E-state index >= 15 is 0 Å². The zero-order valence-electron chi connectivity index (χ0n) is 6.17. The molecule has 60 valence electrons. The number of benzene rings is 1. The van der Waals surface area contributed by atoms with Gasteiger partial charge in [-0.1, -0.05) is 22.9 Å². The number of phenols is 1. The van der Waals surface area contributed by atoms with E-state index in [1.54, 1.807) is 17.8 Å². The van der Waals surface area contributed by atoms with Crippen LogP contribution in [0.1, 0.15) is 6.92 Å². The summed E-state index contributed by atoms with van der Waals surface area (Å²) in [6, 6.07) is 5.45. The van der Waals surface area contributed by atoms with E-state index < -0.39 is 0 Å². The molecule has 0 saturated carbocycles. The lowest BCUT2D eigenvalue weighted by Crippen LogP contribution is -1.74. The Hall–Kier alpha value is -0.150. The van der Waals surface area contributed by atoms with Crippen molar-refractivity contribution in [2.24, 2.45) is 0 Å². The molecule has 1 nitrogen and oxygen atoms in total. The number of hydrogen-bond acceptors (Lipinski definition) is 2. The Balaban J connectivity index is 2.93. The number of halogens is 1. The first-order valence-corrected chi connectivity index (χ1v) is 5.13. The van der Waals surface area contributed by atoms with Crippen LogP contribution in [0.4, 0.5) is 0 Å². The fraction of sp³-hybridized carbons (Fsp3) is 0.250. The summed E-state index contributed by atoms with van der Waals surface area (Å²) >= 11 is 4.98. The van der Waals surface area contributed by atoms with Crippen LogP contribution in [0.5, 0.6) is 5.75 Å². The second-order valence-electron chi connectivity index (χ2n) is 2.05. The third-order valence-electron chi connectivity index (χ3n) is 1.22. The number of thioether (sulfide) groups is 1. The van der Waals surface area contributed by atoms with Gasteiger partial charge in [0.15, 0.2) is 0 Å². The number of hydrogen-bond donors (Lipinski definition) is 1. The predicted molar refractivity (Wildman–Crippen MR) is 52.2 cm³/mol. The molecule has 1 rings (SSSR count). The van der Waals surface area contributed by atoms with Crippen molar-refractivity contribution >= 4 is 27.7 Å². The summed E-state index contributed by atoms with van der Waals surface area (Å²) < 4.78 is 1.01. The summed E-state index contributed by atoms with van der Waals surface area (Å²) in [4.78, 5) is 0.932. The van der Waals surface area contributed by atoms with Gasteiger partial charge in [0, 0.05) is 4.47 Å². The Bertz CT molecular complexity index is 250. The Morgan fingerprint density at radius 2 is 2.27 bits per heavy atom. The average Bonchev–Trinajstić information content (AvgIpc) is 1.98. The van der Waals surface area contributed by atoms with Gasteiger partial charge in [-0.3, -0.25) is 0 Å². The van der Waals surface area contributed by atoms with E-state index in [0.717, 1.165) is 15.1 Å². The first kappa shape index (κ1) is 8.94. The van der Waals surface area contributed by atoms with Gasteiger partial charge in [0.1, 0.15) is 5.75 Å². The van der Waals surface area contributed by atoms with Crippen molar-refractivity contribution in [3.8, 4) is 5.75 Å². The van der Waals surface area contributed by atoms with Gasteiger partial charge in [0.05, 0.1) is 4.90 Å². The molecule has 0 spiro atoms. The molecule has 3 heteroatoms. The normalized spacial score (nSPS) is 10.0. The summed E-state index contributed by atoms with van der Waals surface area (Å²) in [5.41, 5.74) is 0. The average molecular weight is 233 g/mol. The minimum atomic E-state index is 0.361. The molecule has 0 fully saturated rings. The van der Waals surface area contributed by atoms with Gasteiger partial charge in [-0.05, 0) is 24.0 Å². The molecule has 0 bridgehead atoms. The Labute approximate surface area is 78.9 Å². The largest absolute Gasteiger partial charge is 0.507 e. The molecule has 0 aliphatic carbocycles. The van der Waals surface area contributed by atoms with E-state index in [0.29, 0.717) is 5.75 Å². The second-order valence-corrected chi connectivity index (χ2v) is 4.27. The Kier molecular flexibility index (Phi) is 3.27. The summed E-state index contributed by atoms with van der Waals surface area (Å²) in [6.45, 7) is 2.06. The molecule has 0 saturated heterocycles. The Morgan fingerprint density at radius 1 is 1.55 bits per heavy atom. The van der Waals surface area contributed by atoms with Crippen molar-refractivity contribution in [2.45, 2.75) is 11.8 Å². The highest BCUT2D eigenvalue weighted by atomic mass is 79.9. The fourth-order valence-corrected chi connectivity index (χ4v) is 2.01. The number of phenolic OH excluding ortho intramolecular Hbond substituents is 1. The maximum absolute atomic E-state index is 9.32. The highest BCUT2D eigenvalue weighted by Gasteiger charge is 1.99. The molecular formula is C8H9BrOS. The molecule has 0 aliphatic heterocycles. The molecule has 1 aromatic rings. The fourth-order valence-electron chi connectivity index (χ4n) is 0.759. The third kappa shape index (κ3) is 2.42. The summed E-state index contributed by atoms with van der Waals surface area (Å²) in [5, 5.41) is 9.32. The van der Waals surface area contributed by atoms with Gasteiger partial charge in [-0.2, -0.15) is 0 Å². The lowest BCUT2D eigenvalue weighted by Gasteiger charge is -2.01. The van der Waals surface area contributed by atoms with E-state index in [2.05, 4.69) is 22.9 Å². The minimum absolute atomic E-state index is 0.361. The van der Waals surface area contributed by atoms with Gasteiger partial charge in [0.25, 0.3) is 0 Å². The van der Waals surface area contributed by atoms with E-state index in [4.69, 9.17) is 0 Å². The van der Waals surface area contributed by atoms with Crippen LogP contribution in [-0.4, -0.2) is 10.9 Å². The maximum atomic E-state index is 9.32. The van der Waals surface area contributed by atoms with Crippen molar-refractivity contribution in [2.75, 3.05) is 5.75 Å². The second kappa shape index (κ2) is 4.02. The molecule has 0 heterocycles. The molecule has 0 atom stereocenters. The molecule has 11 heavy (non-hydrogen) atoms. The molecule has 0 amide bonds. The van der Waals surface area contributed by atoms with E-state index in [1.807, 2.05) is 12.1 Å². The molecule has 0 aromatic heterocycles. The van der Waals surface area contributed by atoms with Gasteiger partial charge >= 0.3 is 0 Å². The Morgan fingerprint density at radius 3 is 2.91 bits per heavy atom. The van der Waals surface area contributed by atoms with Crippen molar-refractivity contribution in [1.82, 2.24) is 0 Å². The lowest BCUT2D eigenvalue weighted by molar-refractivity contribution is 0.462. The number of aromatic hydroxyl groups is 1. The molecule has 0 unspecified atom stereocenters. The van der Waals surface area contributed by atoms with Crippen LogP contribution >= 0.6 is 27.7 Å². The lowest BCUT2D eigenvalue weighted by atomic mass is 10.3. The molecule has 1 aromatic carbocycles. The smallest absolute Gasteiger partial charge is 0.129 e. The van der Waals surface area contributed by atoms with Crippen LogP contribution in [0.25, 0.3) is 0 Å². The third-order valence-corrected chi connectivity index (χ3v) is 2.64. The first-order valence-electron chi connectivity index (χ1n) is 3.35. The summed E-state index contributed by atoms with van der Waals surface area (Å²) in [7, 11) is 0. The molecule has 1 N–H and O–H groups in total. The zero-order valence-corrected chi connectivity index (χ0v) is 8.58. The van der Waals surface area contributed by atoms with Crippen LogP contribution in [-0.2, 0) is 0 Å². The van der Waals surface area contributed by atoms with Gasteiger partial charge in [0.2, 0.25) is 0 Å². The van der Waals surface area contributed by atoms with Crippen LogP contribution in [0, 0.1) is 0 Å². The quantitative estimate of drug-likeness (QED) is 0.791. The van der Waals surface area contributed by atoms with Crippen molar-refractivity contribution in [1.29, 1.82) is 0 Å². The summed E-state index contributed by atoms with van der Waals surface area (Å²) in [6.07, 6.45) is 0. The van der Waals surface area contributed by atoms with Crippen molar-refractivity contribution < 1.29 is 5.11 Å². The van der Waals surface area contributed by atoms with Crippen molar-refractivity contribution in [3.63, 3.8) is 0 Å². The van der Waals surface area contributed by atoms with Gasteiger partial charge in [-0.15, -0.1) is 11.8 Å². The summed E-state index contributed by atoms with van der Waals surface area (Å²) in [5.74, 6) is 1.34. The van der Waals surface area contributed by atoms with E-state index in [1.165, 1.54) is 0 Å². The molecule has 0 aliphatic rings. The number of rotatable bonds is 2. The zero-order chi connectivity index (χ0) is 8.27. The van der Waals surface area contributed by atoms with Crippen molar-refractivity contribution in [3.05, 3.63) is 22.7 Å². The van der Waals surface area contributed by atoms with Crippen LogP contribution < -0.4 is 0 Å². The van der Waals surface area contributed by atoms with Crippen LogP contribution in [0.2, 0.25) is 0 Å². The van der Waals surface area contributed by atoms with Gasteiger partial charge < -0.3 is 5.11 Å². The van der Waals surface area contributed by atoms with E-state index in [-0.39, 0.29) is 0 Å². The minimum Gasteiger partial charge on any atom is -0.507 e. The molecular weight excluding hydrogens is 224 g/mol. The highest BCUT2D eigenvalue weighted by Crippen LogP contribution is 2.30. The maximum Gasteiger partial charge on any atom is 0.129 e. The molecule has 0 radical (unpaired) electrons. The standard InChI is InChI=1S/C8H9BrOS/c1-2-11-8-5-6(9)3-4-7(8)10/h3-5,10H,2H2,1H3. The first-order chi connectivity index (χ1) is 5.24. The van der Waals surface area contributed by atoms with E-state index in [9.17, 15) is 5.11 Å². The highest BCUT2D eigenvalue weighted by molar-refractivity contribution is 9.10. The topological polar surface area (TPSA) is 20.2 Å². The SMILES string of the molecule is CCSc1cc(Br)ccc1O.